The molecule has 0 heterocycles. The lowest BCUT2D eigenvalue weighted by atomic mass is 10.1. The third kappa shape index (κ3) is 10.2. The van der Waals surface area contributed by atoms with Crippen LogP contribution < -0.4 is 0 Å². The van der Waals surface area contributed by atoms with E-state index in [1.165, 1.54) is 31.7 Å². The topological polar surface area (TPSA) is 9.23 Å². The zero-order valence-corrected chi connectivity index (χ0v) is 9.64. The van der Waals surface area contributed by atoms with Crippen molar-refractivity contribution in [2.75, 3.05) is 7.11 Å². The first-order chi connectivity index (χ1) is 5.27. The van der Waals surface area contributed by atoms with E-state index in [-0.39, 0.29) is 9.76 Å². The predicted molar refractivity (Wildman–Crippen MR) is 53.7 cm³/mol. The van der Waals surface area contributed by atoms with Crippen molar-refractivity contribution in [3.8, 4) is 0 Å². The second kappa shape index (κ2) is 8.28. The van der Waals surface area contributed by atoms with Crippen molar-refractivity contribution in [2.24, 2.45) is 5.92 Å². The molecule has 0 aromatic carbocycles. The number of hydrogen-bond donors (Lipinski definition) is 0. The van der Waals surface area contributed by atoms with Gasteiger partial charge in [-0.15, -0.1) is 0 Å². The molecule has 0 rings (SSSR count). The molecule has 0 fully saturated rings. The highest BCUT2D eigenvalue weighted by atomic mass is 28.2. The van der Waals surface area contributed by atoms with Crippen molar-refractivity contribution in [2.45, 2.75) is 45.6 Å². The Morgan fingerprint density at radius 3 is 2.45 bits per heavy atom. The van der Waals surface area contributed by atoms with Gasteiger partial charge >= 0.3 is 0 Å². The smallest absolute Gasteiger partial charge is 0.161 e. The van der Waals surface area contributed by atoms with E-state index in [4.69, 9.17) is 4.43 Å². The first kappa shape index (κ1) is 11.2. The van der Waals surface area contributed by atoms with Gasteiger partial charge in [0.1, 0.15) is 0 Å². The van der Waals surface area contributed by atoms with Crippen LogP contribution in [0.1, 0.15) is 39.5 Å². The lowest BCUT2D eigenvalue weighted by molar-refractivity contribution is 0.437. The molecule has 11 heavy (non-hydrogen) atoms. The molecule has 68 valence electrons. The molecule has 0 aliphatic carbocycles. The van der Waals surface area contributed by atoms with Crippen molar-refractivity contribution in [1.29, 1.82) is 0 Å². The largest absolute Gasteiger partial charge is 0.427 e. The van der Waals surface area contributed by atoms with Crippen LogP contribution in [0, 0.1) is 5.92 Å². The van der Waals surface area contributed by atoms with Crippen molar-refractivity contribution in [3.63, 3.8) is 0 Å². The third-order valence-electron chi connectivity index (χ3n) is 1.88. The summed E-state index contributed by atoms with van der Waals surface area (Å²) in [7, 11) is 1.71. The molecule has 0 aliphatic rings. The van der Waals surface area contributed by atoms with Crippen LogP contribution in [-0.4, -0.2) is 16.9 Å². The molecule has 0 aliphatic heterocycles. The Kier molecular flexibility index (Phi) is 8.41. The lowest BCUT2D eigenvalue weighted by Gasteiger charge is -2.03. The second-order valence-corrected chi connectivity index (χ2v) is 5.28. The summed E-state index contributed by atoms with van der Waals surface area (Å²) in [5.41, 5.74) is 0. The van der Waals surface area contributed by atoms with Crippen molar-refractivity contribution >= 4 is 9.76 Å². The van der Waals surface area contributed by atoms with E-state index in [0.717, 1.165) is 5.92 Å². The van der Waals surface area contributed by atoms with E-state index in [2.05, 4.69) is 13.8 Å². The Morgan fingerprint density at radius 1 is 1.18 bits per heavy atom. The standard InChI is InChI=1S/C9H22OSi/c1-9(2)7-5-4-6-8-11-10-3/h9H,4-8,11H2,1-3H3. The average Bonchev–Trinajstić information content (AvgIpc) is 1.96. The minimum absolute atomic E-state index is 0.126. The van der Waals surface area contributed by atoms with Gasteiger partial charge in [0.15, 0.2) is 9.76 Å². The SMILES string of the molecule is CO[SiH2]CCCCCC(C)C. The van der Waals surface area contributed by atoms with Crippen LogP contribution in [0.25, 0.3) is 0 Å². The average molecular weight is 174 g/mol. The Hall–Kier alpha value is 0.177. The quantitative estimate of drug-likeness (QED) is 0.425. The molecular weight excluding hydrogens is 152 g/mol. The van der Waals surface area contributed by atoms with Crippen molar-refractivity contribution in [1.82, 2.24) is 0 Å². The van der Waals surface area contributed by atoms with Crippen LogP contribution >= 0.6 is 0 Å². The van der Waals surface area contributed by atoms with Crippen LogP contribution in [0.2, 0.25) is 6.04 Å². The maximum absolute atomic E-state index is 5.11. The molecule has 0 unspecified atom stereocenters. The molecule has 0 atom stereocenters. The summed E-state index contributed by atoms with van der Waals surface area (Å²) >= 11 is 0. The molecule has 0 aromatic heterocycles. The molecule has 0 radical (unpaired) electrons. The Balaban J connectivity index is 2.80. The second-order valence-electron chi connectivity index (χ2n) is 3.59. The van der Waals surface area contributed by atoms with E-state index in [1.807, 2.05) is 7.11 Å². The molecular formula is C9H22OSi. The van der Waals surface area contributed by atoms with Crippen LogP contribution in [-0.2, 0) is 4.43 Å². The summed E-state index contributed by atoms with van der Waals surface area (Å²) in [5, 5.41) is 0. The van der Waals surface area contributed by atoms with E-state index in [0.29, 0.717) is 0 Å². The van der Waals surface area contributed by atoms with Crippen molar-refractivity contribution < 1.29 is 4.43 Å². The maximum atomic E-state index is 5.11. The van der Waals surface area contributed by atoms with E-state index in [1.54, 1.807) is 0 Å². The molecule has 0 saturated carbocycles. The zero-order chi connectivity index (χ0) is 8.53. The monoisotopic (exact) mass is 174 g/mol. The highest BCUT2D eigenvalue weighted by Gasteiger charge is 1.93. The van der Waals surface area contributed by atoms with E-state index < -0.39 is 0 Å². The van der Waals surface area contributed by atoms with E-state index in [9.17, 15) is 0 Å². The summed E-state index contributed by atoms with van der Waals surface area (Å²) < 4.78 is 5.11. The molecule has 0 amide bonds. The summed E-state index contributed by atoms with van der Waals surface area (Å²) in [6.07, 6.45) is 5.62. The number of rotatable bonds is 7. The fourth-order valence-corrected chi connectivity index (χ4v) is 2.00. The first-order valence-corrected chi connectivity index (χ1v) is 6.34. The zero-order valence-electron chi connectivity index (χ0n) is 8.23. The molecule has 2 heteroatoms. The van der Waals surface area contributed by atoms with Crippen LogP contribution in [0.4, 0.5) is 0 Å². The molecule has 1 nitrogen and oxygen atoms in total. The number of unbranched alkanes of at least 4 members (excludes halogenated alkanes) is 2. The Bertz CT molecular complexity index is 74.0. The summed E-state index contributed by atoms with van der Waals surface area (Å²) in [4.78, 5) is 0. The molecule has 0 N–H and O–H groups in total. The van der Waals surface area contributed by atoms with Gasteiger partial charge in [-0.2, -0.15) is 0 Å². The highest BCUT2D eigenvalue weighted by Crippen LogP contribution is 2.09. The van der Waals surface area contributed by atoms with Crippen LogP contribution in [0.5, 0.6) is 0 Å². The van der Waals surface area contributed by atoms with Gasteiger partial charge in [-0.25, -0.2) is 0 Å². The summed E-state index contributed by atoms with van der Waals surface area (Å²) in [6.45, 7) is 4.59. The third-order valence-corrected chi connectivity index (χ3v) is 3.08. The number of hydrogen-bond acceptors (Lipinski definition) is 1. The van der Waals surface area contributed by atoms with Gasteiger partial charge in [-0.1, -0.05) is 39.5 Å². The lowest BCUT2D eigenvalue weighted by Crippen LogP contribution is -1.93. The predicted octanol–water partition coefficient (Wildman–Crippen LogP) is 2.35. The van der Waals surface area contributed by atoms with Gasteiger partial charge in [-0.05, 0) is 12.0 Å². The Labute approximate surface area is 73.5 Å². The minimum Gasteiger partial charge on any atom is -0.427 e. The maximum Gasteiger partial charge on any atom is 0.161 e. The normalized spacial score (nSPS) is 12.0. The molecule has 0 bridgehead atoms. The molecule has 0 aromatic rings. The van der Waals surface area contributed by atoms with Crippen molar-refractivity contribution in [3.05, 3.63) is 0 Å². The summed E-state index contributed by atoms with van der Waals surface area (Å²) in [5.74, 6) is 0.884. The first-order valence-electron chi connectivity index (χ1n) is 4.76. The van der Waals surface area contributed by atoms with Crippen LogP contribution in [0.3, 0.4) is 0 Å². The molecule has 0 spiro atoms. The van der Waals surface area contributed by atoms with Crippen LogP contribution in [0.15, 0.2) is 0 Å². The Morgan fingerprint density at radius 2 is 1.91 bits per heavy atom. The van der Waals surface area contributed by atoms with Gasteiger partial charge in [-0.3, -0.25) is 0 Å². The summed E-state index contributed by atoms with van der Waals surface area (Å²) in [6, 6.07) is 1.37. The fraction of sp³-hybridized carbons (Fsp3) is 1.00. The van der Waals surface area contributed by atoms with Gasteiger partial charge in [0.2, 0.25) is 0 Å². The van der Waals surface area contributed by atoms with Gasteiger partial charge < -0.3 is 4.43 Å². The van der Waals surface area contributed by atoms with E-state index >= 15 is 0 Å². The fourth-order valence-electron chi connectivity index (χ4n) is 1.15. The molecule has 0 saturated heterocycles. The van der Waals surface area contributed by atoms with Gasteiger partial charge in [0.25, 0.3) is 0 Å². The van der Waals surface area contributed by atoms with Gasteiger partial charge in [0.05, 0.1) is 0 Å². The van der Waals surface area contributed by atoms with Gasteiger partial charge in [0, 0.05) is 7.11 Å². The highest BCUT2D eigenvalue weighted by molar-refractivity contribution is 6.26. The minimum atomic E-state index is -0.126.